The number of rotatable bonds is 4. The lowest BCUT2D eigenvalue weighted by atomic mass is 10.1. The quantitative estimate of drug-likeness (QED) is 0.739. The molecular formula is C13H15N3OS. The van der Waals surface area contributed by atoms with E-state index in [1.807, 2.05) is 5.38 Å². The van der Waals surface area contributed by atoms with E-state index in [9.17, 15) is 4.79 Å². The molecule has 1 amide bonds. The zero-order valence-corrected chi connectivity index (χ0v) is 10.9. The number of carbonyl (C=O) groups is 1. The van der Waals surface area contributed by atoms with Crippen molar-refractivity contribution in [1.29, 1.82) is 0 Å². The molecule has 1 aromatic carbocycles. The summed E-state index contributed by atoms with van der Waals surface area (Å²) in [5.74, 6) is -0.479. The number of primary amides is 1. The predicted molar refractivity (Wildman–Crippen MR) is 75.8 cm³/mol. The lowest BCUT2D eigenvalue weighted by Crippen LogP contribution is -2.15. The number of para-hydroxylation sites is 1. The Morgan fingerprint density at radius 3 is 2.78 bits per heavy atom. The minimum absolute atomic E-state index is 0.421. The van der Waals surface area contributed by atoms with Crippen molar-refractivity contribution in [1.82, 2.24) is 0 Å². The number of nitrogens with two attached hydrogens (primary N) is 2. The van der Waals surface area contributed by atoms with Crippen molar-refractivity contribution in [2.75, 3.05) is 11.1 Å². The second kappa shape index (κ2) is 5.10. The van der Waals surface area contributed by atoms with Crippen molar-refractivity contribution in [3.05, 3.63) is 45.6 Å². The summed E-state index contributed by atoms with van der Waals surface area (Å²) in [5, 5.41) is 5.23. The van der Waals surface area contributed by atoms with Crippen LogP contribution in [0.1, 0.15) is 20.8 Å². The molecule has 5 N–H and O–H groups in total. The van der Waals surface area contributed by atoms with Gasteiger partial charge in [0.15, 0.2) is 0 Å². The summed E-state index contributed by atoms with van der Waals surface area (Å²) in [5.41, 5.74) is 14.0. The molecule has 2 rings (SSSR count). The molecule has 0 radical (unpaired) electrons. The number of benzene rings is 1. The Bertz CT molecular complexity index is 577. The van der Waals surface area contributed by atoms with E-state index in [-0.39, 0.29) is 0 Å². The zero-order chi connectivity index (χ0) is 13.1. The Morgan fingerprint density at radius 1 is 1.39 bits per heavy atom. The van der Waals surface area contributed by atoms with Gasteiger partial charge in [0.05, 0.1) is 16.9 Å². The number of thiophene rings is 1. The number of hydrogen-bond acceptors (Lipinski definition) is 4. The highest BCUT2D eigenvalue weighted by Gasteiger charge is 2.11. The first-order valence-electron chi connectivity index (χ1n) is 5.54. The number of hydrogen-bond donors (Lipinski definition) is 3. The van der Waals surface area contributed by atoms with E-state index in [0.29, 0.717) is 23.5 Å². The smallest absolute Gasteiger partial charge is 0.250 e. The Balaban J connectivity index is 2.24. The van der Waals surface area contributed by atoms with Gasteiger partial charge < -0.3 is 16.8 Å². The van der Waals surface area contributed by atoms with Crippen molar-refractivity contribution < 1.29 is 4.79 Å². The minimum Gasteiger partial charge on any atom is -0.397 e. The molecule has 0 aliphatic carbocycles. The Kier molecular flexibility index (Phi) is 3.53. The summed E-state index contributed by atoms with van der Waals surface area (Å²) in [6.45, 7) is 2.69. The number of nitrogens with one attached hydrogen (secondary N) is 1. The van der Waals surface area contributed by atoms with Gasteiger partial charge in [0.2, 0.25) is 0 Å². The van der Waals surface area contributed by atoms with Gasteiger partial charge in [-0.2, -0.15) is 0 Å². The fraction of sp³-hybridized carbons (Fsp3) is 0.154. The summed E-state index contributed by atoms with van der Waals surface area (Å²) in [6.07, 6.45) is 0. The van der Waals surface area contributed by atoms with Gasteiger partial charge in [0.25, 0.3) is 5.91 Å². The first-order chi connectivity index (χ1) is 8.59. The van der Waals surface area contributed by atoms with Crippen LogP contribution in [0.25, 0.3) is 0 Å². The van der Waals surface area contributed by atoms with E-state index in [2.05, 4.69) is 18.3 Å². The van der Waals surface area contributed by atoms with E-state index >= 15 is 0 Å². The van der Waals surface area contributed by atoms with Crippen molar-refractivity contribution in [2.24, 2.45) is 5.73 Å². The number of anilines is 2. The molecule has 0 fully saturated rings. The SMILES string of the molecule is Cc1ccsc1CNc1c(N)cccc1C(N)=O. The second-order valence-corrected chi connectivity index (χ2v) is 5.02. The minimum atomic E-state index is -0.479. The van der Waals surface area contributed by atoms with Crippen LogP contribution in [-0.2, 0) is 6.54 Å². The lowest BCUT2D eigenvalue weighted by Gasteiger charge is -2.12. The standard InChI is InChI=1S/C13H15N3OS/c1-8-5-6-18-11(8)7-16-12-9(13(15)17)3-2-4-10(12)14/h2-6,16H,7,14H2,1H3,(H2,15,17). The molecular weight excluding hydrogens is 246 g/mol. The summed E-state index contributed by atoms with van der Waals surface area (Å²) in [6, 6.07) is 7.19. The average molecular weight is 261 g/mol. The first kappa shape index (κ1) is 12.4. The van der Waals surface area contributed by atoms with E-state index in [1.54, 1.807) is 29.5 Å². The fourth-order valence-electron chi connectivity index (χ4n) is 1.73. The maximum atomic E-state index is 11.3. The van der Waals surface area contributed by atoms with Crippen LogP contribution in [0.2, 0.25) is 0 Å². The molecule has 18 heavy (non-hydrogen) atoms. The predicted octanol–water partition coefficient (Wildman–Crippen LogP) is 2.35. The topological polar surface area (TPSA) is 81.1 Å². The van der Waals surface area contributed by atoms with E-state index in [0.717, 1.165) is 0 Å². The van der Waals surface area contributed by atoms with Gasteiger partial charge >= 0.3 is 0 Å². The van der Waals surface area contributed by atoms with Crippen LogP contribution in [0.3, 0.4) is 0 Å². The Labute approximate surface area is 110 Å². The van der Waals surface area contributed by atoms with Gasteiger partial charge in [-0.15, -0.1) is 11.3 Å². The summed E-state index contributed by atoms with van der Waals surface area (Å²) < 4.78 is 0. The van der Waals surface area contributed by atoms with Crippen molar-refractivity contribution in [2.45, 2.75) is 13.5 Å². The monoisotopic (exact) mass is 261 g/mol. The highest BCUT2D eigenvalue weighted by atomic mass is 32.1. The molecule has 1 heterocycles. The highest BCUT2D eigenvalue weighted by molar-refractivity contribution is 7.10. The molecule has 4 nitrogen and oxygen atoms in total. The van der Waals surface area contributed by atoms with Crippen LogP contribution in [0.4, 0.5) is 11.4 Å². The Morgan fingerprint density at radius 2 is 2.17 bits per heavy atom. The molecule has 0 saturated carbocycles. The van der Waals surface area contributed by atoms with Crippen molar-refractivity contribution >= 4 is 28.6 Å². The van der Waals surface area contributed by atoms with Gasteiger partial charge in [-0.25, -0.2) is 0 Å². The van der Waals surface area contributed by atoms with Crippen LogP contribution in [-0.4, -0.2) is 5.91 Å². The zero-order valence-electron chi connectivity index (χ0n) is 10.1. The van der Waals surface area contributed by atoms with Crippen LogP contribution < -0.4 is 16.8 Å². The first-order valence-corrected chi connectivity index (χ1v) is 6.42. The van der Waals surface area contributed by atoms with Crippen LogP contribution in [0.5, 0.6) is 0 Å². The summed E-state index contributed by atoms with van der Waals surface area (Å²) in [4.78, 5) is 12.5. The largest absolute Gasteiger partial charge is 0.397 e. The van der Waals surface area contributed by atoms with Gasteiger partial charge in [-0.05, 0) is 36.1 Å². The summed E-state index contributed by atoms with van der Waals surface area (Å²) in [7, 11) is 0. The van der Waals surface area contributed by atoms with E-state index in [4.69, 9.17) is 11.5 Å². The maximum absolute atomic E-state index is 11.3. The molecule has 0 unspecified atom stereocenters. The fourth-order valence-corrected chi connectivity index (χ4v) is 2.57. The molecule has 5 heteroatoms. The van der Waals surface area contributed by atoms with E-state index < -0.39 is 5.91 Å². The average Bonchev–Trinajstić information content (AvgIpc) is 2.73. The van der Waals surface area contributed by atoms with Gasteiger partial charge in [0, 0.05) is 11.4 Å². The number of carbonyl (C=O) groups excluding carboxylic acids is 1. The molecule has 94 valence electrons. The van der Waals surface area contributed by atoms with Crippen LogP contribution in [0, 0.1) is 6.92 Å². The molecule has 0 bridgehead atoms. The number of nitrogen functional groups attached to an aromatic ring is 1. The van der Waals surface area contributed by atoms with Crippen molar-refractivity contribution in [3.63, 3.8) is 0 Å². The normalized spacial score (nSPS) is 10.3. The molecule has 0 atom stereocenters. The summed E-state index contributed by atoms with van der Waals surface area (Å²) >= 11 is 1.67. The van der Waals surface area contributed by atoms with Crippen molar-refractivity contribution in [3.8, 4) is 0 Å². The molecule has 0 aliphatic heterocycles. The third-order valence-corrected chi connectivity index (χ3v) is 3.78. The third-order valence-electron chi connectivity index (χ3n) is 2.76. The van der Waals surface area contributed by atoms with Crippen LogP contribution >= 0.6 is 11.3 Å². The van der Waals surface area contributed by atoms with Gasteiger partial charge in [0.1, 0.15) is 0 Å². The third kappa shape index (κ3) is 2.46. The number of aryl methyl sites for hydroxylation is 1. The molecule has 0 saturated heterocycles. The highest BCUT2D eigenvalue weighted by Crippen LogP contribution is 2.25. The van der Waals surface area contributed by atoms with Crippen LogP contribution in [0.15, 0.2) is 29.6 Å². The second-order valence-electron chi connectivity index (χ2n) is 4.01. The molecule has 0 spiro atoms. The molecule has 1 aromatic heterocycles. The molecule has 0 aliphatic rings. The van der Waals surface area contributed by atoms with Gasteiger partial charge in [-0.1, -0.05) is 6.07 Å². The lowest BCUT2D eigenvalue weighted by molar-refractivity contribution is 0.100. The maximum Gasteiger partial charge on any atom is 0.250 e. The Hall–Kier alpha value is -2.01. The van der Waals surface area contributed by atoms with Gasteiger partial charge in [-0.3, -0.25) is 4.79 Å². The number of amides is 1. The molecule has 2 aromatic rings. The van der Waals surface area contributed by atoms with E-state index in [1.165, 1.54) is 10.4 Å².